The van der Waals surface area contributed by atoms with Crippen molar-refractivity contribution in [2.75, 3.05) is 4.90 Å². The zero-order chi connectivity index (χ0) is 24.6. The molecule has 1 fully saturated rings. The van der Waals surface area contributed by atoms with Gasteiger partial charge in [-0.15, -0.1) is 0 Å². The Hall–Kier alpha value is -4.00. The molecule has 4 rings (SSSR count). The number of benzene rings is 2. The normalized spacial score (nSPS) is 16.2. The highest BCUT2D eigenvalue weighted by atomic mass is 19.1. The molecule has 2 aromatic carbocycles. The summed E-state index contributed by atoms with van der Waals surface area (Å²) in [5.41, 5.74) is 4.41. The average Bonchev–Trinajstić information content (AvgIpc) is 3.09. The van der Waals surface area contributed by atoms with Crippen LogP contribution in [0.4, 0.5) is 14.9 Å². The standard InChI is InChI=1S/C27H26FN3O3/c1-5-16(2)19-6-10-23(11-7-19)31-26(33)24(25(32)29-27(31)34)15-20-14-17(3)30(18(20)4)22-12-8-21(28)9-13-22/h6-16H,5H2,1-4H3,(H,29,32,34)/b24-15-. The fourth-order valence-electron chi connectivity index (χ4n) is 4.16. The van der Waals surface area contributed by atoms with Gasteiger partial charge in [-0.3, -0.25) is 14.9 Å². The van der Waals surface area contributed by atoms with E-state index in [4.69, 9.17) is 0 Å². The van der Waals surface area contributed by atoms with E-state index in [1.807, 2.05) is 36.6 Å². The Morgan fingerprint density at radius 1 is 0.971 bits per heavy atom. The Kier molecular flexibility index (Phi) is 6.20. The lowest BCUT2D eigenvalue weighted by atomic mass is 9.98. The van der Waals surface area contributed by atoms with Crippen LogP contribution in [0.25, 0.3) is 11.8 Å². The third-order valence-electron chi connectivity index (χ3n) is 6.29. The Balaban J connectivity index is 1.70. The van der Waals surface area contributed by atoms with Gasteiger partial charge in [0.2, 0.25) is 0 Å². The number of aryl methyl sites for hydroxylation is 1. The Bertz CT molecular complexity index is 1300. The monoisotopic (exact) mass is 459 g/mol. The van der Waals surface area contributed by atoms with Crippen molar-refractivity contribution >= 4 is 29.6 Å². The second kappa shape index (κ2) is 9.09. The predicted molar refractivity (Wildman–Crippen MR) is 129 cm³/mol. The molecule has 1 N–H and O–H groups in total. The Morgan fingerprint density at radius 2 is 1.59 bits per heavy atom. The second-order valence-electron chi connectivity index (χ2n) is 8.50. The van der Waals surface area contributed by atoms with Crippen LogP contribution in [0.15, 0.2) is 60.2 Å². The zero-order valence-electron chi connectivity index (χ0n) is 19.6. The van der Waals surface area contributed by atoms with Gasteiger partial charge in [0.05, 0.1) is 5.69 Å². The molecule has 0 spiro atoms. The number of imide groups is 2. The molecule has 7 heteroatoms. The molecule has 174 valence electrons. The Morgan fingerprint density at radius 3 is 2.21 bits per heavy atom. The summed E-state index contributed by atoms with van der Waals surface area (Å²) in [5.74, 6) is -1.40. The van der Waals surface area contributed by atoms with Crippen molar-refractivity contribution in [1.29, 1.82) is 0 Å². The van der Waals surface area contributed by atoms with Gasteiger partial charge in [-0.05, 0) is 85.9 Å². The first-order valence-electron chi connectivity index (χ1n) is 11.2. The lowest BCUT2D eigenvalue weighted by Crippen LogP contribution is -2.54. The van der Waals surface area contributed by atoms with Crippen LogP contribution in [-0.2, 0) is 9.59 Å². The third-order valence-corrected chi connectivity index (χ3v) is 6.29. The van der Waals surface area contributed by atoms with E-state index in [-0.39, 0.29) is 11.4 Å². The number of barbiturate groups is 1. The number of nitrogens with zero attached hydrogens (tertiary/aromatic N) is 2. The number of halogens is 1. The molecule has 0 bridgehead atoms. The summed E-state index contributed by atoms with van der Waals surface area (Å²) >= 11 is 0. The maximum absolute atomic E-state index is 13.4. The summed E-state index contributed by atoms with van der Waals surface area (Å²) < 4.78 is 15.3. The minimum atomic E-state index is -0.778. The van der Waals surface area contributed by atoms with Gasteiger partial charge in [-0.25, -0.2) is 14.1 Å². The Labute approximate surface area is 197 Å². The number of rotatable bonds is 5. The molecule has 0 aliphatic carbocycles. The lowest BCUT2D eigenvalue weighted by molar-refractivity contribution is -0.122. The fraction of sp³-hybridized carbons (Fsp3) is 0.222. The molecule has 1 unspecified atom stereocenters. The highest BCUT2D eigenvalue weighted by molar-refractivity contribution is 6.39. The van der Waals surface area contributed by atoms with Crippen molar-refractivity contribution < 1.29 is 18.8 Å². The largest absolute Gasteiger partial charge is 0.335 e. The van der Waals surface area contributed by atoms with Gasteiger partial charge in [0.25, 0.3) is 11.8 Å². The summed E-state index contributed by atoms with van der Waals surface area (Å²) in [6, 6.07) is 14.3. The van der Waals surface area contributed by atoms with Gasteiger partial charge in [-0.2, -0.15) is 0 Å². The molecule has 1 atom stereocenters. The molecule has 2 heterocycles. The number of amides is 4. The first-order valence-corrected chi connectivity index (χ1v) is 11.2. The molecule has 1 aliphatic heterocycles. The van der Waals surface area contributed by atoms with Crippen LogP contribution in [0.1, 0.15) is 48.7 Å². The zero-order valence-corrected chi connectivity index (χ0v) is 19.6. The van der Waals surface area contributed by atoms with Crippen molar-refractivity contribution in [3.63, 3.8) is 0 Å². The van der Waals surface area contributed by atoms with Crippen molar-refractivity contribution in [2.24, 2.45) is 0 Å². The van der Waals surface area contributed by atoms with E-state index in [1.165, 1.54) is 18.2 Å². The van der Waals surface area contributed by atoms with E-state index in [9.17, 15) is 18.8 Å². The van der Waals surface area contributed by atoms with Crippen LogP contribution >= 0.6 is 0 Å². The van der Waals surface area contributed by atoms with Crippen LogP contribution in [0.3, 0.4) is 0 Å². The molecule has 4 amide bonds. The molecular formula is C27H26FN3O3. The van der Waals surface area contributed by atoms with E-state index in [2.05, 4.69) is 19.2 Å². The number of carbonyl (C=O) groups is 3. The summed E-state index contributed by atoms with van der Waals surface area (Å²) in [7, 11) is 0. The fourth-order valence-corrected chi connectivity index (χ4v) is 4.16. The summed E-state index contributed by atoms with van der Waals surface area (Å²) in [6.45, 7) is 7.94. The first kappa shape index (κ1) is 23.2. The van der Waals surface area contributed by atoms with E-state index in [1.54, 1.807) is 24.3 Å². The van der Waals surface area contributed by atoms with Crippen molar-refractivity contribution in [2.45, 2.75) is 40.0 Å². The van der Waals surface area contributed by atoms with Gasteiger partial charge >= 0.3 is 6.03 Å². The van der Waals surface area contributed by atoms with Gasteiger partial charge in [0.15, 0.2) is 0 Å². The molecule has 6 nitrogen and oxygen atoms in total. The van der Waals surface area contributed by atoms with Crippen LogP contribution < -0.4 is 10.2 Å². The molecular weight excluding hydrogens is 433 g/mol. The van der Waals surface area contributed by atoms with Gasteiger partial charge in [0.1, 0.15) is 11.4 Å². The minimum absolute atomic E-state index is 0.134. The smallest absolute Gasteiger partial charge is 0.318 e. The molecule has 1 aliphatic rings. The van der Waals surface area contributed by atoms with Crippen molar-refractivity contribution in [3.05, 3.63) is 88.5 Å². The molecule has 0 radical (unpaired) electrons. The summed E-state index contributed by atoms with van der Waals surface area (Å²) in [6.07, 6.45) is 2.47. The molecule has 34 heavy (non-hydrogen) atoms. The van der Waals surface area contributed by atoms with Gasteiger partial charge in [-0.1, -0.05) is 26.0 Å². The van der Waals surface area contributed by atoms with Crippen LogP contribution in [0.2, 0.25) is 0 Å². The number of carbonyl (C=O) groups excluding carboxylic acids is 3. The average molecular weight is 460 g/mol. The SMILES string of the molecule is CCC(C)c1ccc(N2C(=O)NC(=O)/C(=C/c3cc(C)n(-c4ccc(F)cc4)c3C)C2=O)cc1. The maximum Gasteiger partial charge on any atom is 0.335 e. The predicted octanol–water partition coefficient (Wildman–Crippen LogP) is 5.41. The number of aromatic nitrogens is 1. The van der Waals surface area contributed by atoms with Crippen LogP contribution in [0.5, 0.6) is 0 Å². The quantitative estimate of drug-likeness (QED) is 0.409. The molecule has 3 aromatic rings. The van der Waals surface area contributed by atoms with Gasteiger partial charge in [0, 0.05) is 17.1 Å². The number of anilines is 1. The van der Waals surface area contributed by atoms with E-state index in [0.717, 1.165) is 34.0 Å². The second-order valence-corrected chi connectivity index (χ2v) is 8.50. The maximum atomic E-state index is 13.4. The van der Waals surface area contributed by atoms with Crippen LogP contribution in [0, 0.1) is 19.7 Å². The first-order chi connectivity index (χ1) is 16.2. The summed E-state index contributed by atoms with van der Waals surface area (Å²) in [4.78, 5) is 39.4. The lowest BCUT2D eigenvalue weighted by Gasteiger charge is -2.26. The highest BCUT2D eigenvalue weighted by Crippen LogP contribution is 2.27. The topological polar surface area (TPSA) is 71.4 Å². The minimum Gasteiger partial charge on any atom is -0.318 e. The summed E-state index contributed by atoms with van der Waals surface area (Å²) in [5, 5.41) is 2.27. The highest BCUT2D eigenvalue weighted by Gasteiger charge is 2.37. The number of nitrogens with one attached hydrogen (secondary N) is 1. The van der Waals surface area contributed by atoms with E-state index in [0.29, 0.717) is 17.2 Å². The number of urea groups is 1. The molecule has 1 aromatic heterocycles. The third kappa shape index (κ3) is 4.17. The van der Waals surface area contributed by atoms with Crippen molar-refractivity contribution in [1.82, 2.24) is 9.88 Å². The van der Waals surface area contributed by atoms with Crippen molar-refractivity contribution in [3.8, 4) is 5.69 Å². The number of hydrogen-bond acceptors (Lipinski definition) is 3. The molecule has 0 saturated carbocycles. The van der Waals surface area contributed by atoms with E-state index < -0.39 is 17.8 Å². The number of hydrogen-bond donors (Lipinski definition) is 1. The van der Waals surface area contributed by atoms with Crippen LogP contribution in [-0.4, -0.2) is 22.4 Å². The van der Waals surface area contributed by atoms with Gasteiger partial charge < -0.3 is 4.57 Å². The molecule has 1 saturated heterocycles. The van der Waals surface area contributed by atoms with E-state index >= 15 is 0 Å².